The van der Waals surface area contributed by atoms with Crippen molar-refractivity contribution in [1.29, 1.82) is 0 Å². The maximum atomic E-state index is 6.35. The van der Waals surface area contributed by atoms with Crippen molar-refractivity contribution in [3.8, 4) is 0 Å². The van der Waals surface area contributed by atoms with Gasteiger partial charge in [-0.25, -0.2) is 9.97 Å². The number of hydrogen-bond donors (Lipinski definition) is 0. The summed E-state index contributed by atoms with van der Waals surface area (Å²) in [6.07, 6.45) is 0. The third-order valence-corrected chi connectivity index (χ3v) is 6.51. The van der Waals surface area contributed by atoms with Crippen LogP contribution < -0.4 is 0 Å². The molecule has 0 radical (unpaired) electrons. The fourth-order valence-electron chi connectivity index (χ4n) is 2.34. The number of para-hydroxylation sites is 2. The minimum atomic E-state index is 0.628. The van der Waals surface area contributed by atoms with Crippen LogP contribution >= 0.6 is 44.8 Å². The van der Waals surface area contributed by atoms with Crippen LogP contribution in [-0.4, -0.2) is 9.97 Å². The van der Waals surface area contributed by atoms with Gasteiger partial charge in [0.1, 0.15) is 10.1 Å². The normalized spacial score (nSPS) is 11.2. The summed E-state index contributed by atoms with van der Waals surface area (Å²) >= 11 is 12.7. The van der Waals surface area contributed by atoms with Gasteiger partial charge in [-0.3, -0.25) is 0 Å². The molecule has 0 bridgehead atoms. The summed E-state index contributed by atoms with van der Waals surface area (Å²) in [6.45, 7) is 0. The van der Waals surface area contributed by atoms with E-state index in [1.54, 1.807) is 0 Å². The second-order valence-electron chi connectivity index (χ2n) is 5.10. The second kappa shape index (κ2) is 6.81. The summed E-state index contributed by atoms with van der Waals surface area (Å²) in [6, 6.07) is 19.7. The van der Waals surface area contributed by atoms with E-state index in [-0.39, 0.29) is 0 Å². The van der Waals surface area contributed by atoms with Gasteiger partial charge in [0.25, 0.3) is 0 Å². The van der Waals surface area contributed by atoms with E-state index < -0.39 is 0 Å². The molecule has 0 fully saturated rings. The maximum absolute atomic E-state index is 6.35. The van der Waals surface area contributed by atoms with Crippen molar-refractivity contribution in [2.45, 2.75) is 10.1 Å². The lowest BCUT2D eigenvalue weighted by Gasteiger charge is -2.07. The maximum Gasteiger partial charge on any atom is 0.126 e. The zero-order valence-corrected chi connectivity index (χ0v) is 15.4. The highest BCUT2D eigenvalue weighted by molar-refractivity contribution is 8.76. The molecule has 0 aliphatic heterocycles. The van der Waals surface area contributed by atoms with Crippen LogP contribution in [0.2, 0.25) is 10.0 Å². The summed E-state index contributed by atoms with van der Waals surface area (Å²) in [5.74, 6) is 0. The molecule has 0 aliphatic carbocycles. The lowest BCUT2D eigenvalue weighted by molar-refractivity contribution is 1.19. The average molecular weight is 389 g/mol. The standard InChI is InChI=1S/C18H10Cl2N2S2/c19-13-9-11-5-1-3-7-15(11)21-17(13)23-24-18-14(20)10-12-6-2-4-8-16(12)22-18/h1-10H. The van der Waals surface area contributed by atoms with Crippen molar-refractivity contribution in [1.82, 2.24) is 9.97 Å². The van der Waals surface area contributed by atoms with Gasteiger partial charge in [0.05, 0.1) is 21.1 Å². The molecular formula is C18H10Cl2N2S2. The van der Waals surface area contributed by atoms with Crippen LogP contribution in [0, 0.1) is 0 Å². The highest BCUT2D eigenvalue weighted by atomic mass is 35.5. The molecule has 6 heteroatoms. The van der Waals surface area contributed by atoms with E-state index in [1.165, 1.54) is 21.6 Å². The molecule has 4 rings (SSSR count). The van der Waals surface area contributed by atoms with Crippen molar-refractivity contribution in [3.05, 3.63) is 70.7 Å². The smallest absolute Gasteiger partial charge is 0.126 e. The van der Waals surface area contributed by atoms with Gasteiger partial charge in [-0.1, -0.05) is 59.6 Å². The van der Waals surface area contributed by atoms with E-state index >= 15 is 0 Å². The zero-order chi connectivity index (χ0) is 16.5. The van der Waals surface area contributed by atoms with Gasteiger partial charge in [0.15, 0.2) is 0 Å². The largest absolute Gasteiger partial charge is 0.239 e. The Kier molecular flexibility index (Phi) is 4.55. The average Bonchev–Trinajstić information content (AvgIpc) is 2.60. The Hall–Kier alpha value is -1.46. The lowest BCUT2D eigenvalue weighted by atomic mass is 10.2. The van der Waals surface area contributed by atoms with Gasteiger partial charge >= 0.3 is 0 Å². The third-order valence-electron chi connectivity index (χ3n) is 3.49. The van der Waals surface area contributed by atoms with E-state index in [0.717, 1.165) is 31.9 Å². The predicted molar refractivity (Wildman–Crippen MR) is 105 cm³/mol. The van der Waals surface area contributed by atoms with Crippen molar-refractivity contribution >= 4 is 66.6 Å². The number of hydrogen-bond acceptors (Lipinski definition) is 4. The molecule has 0 unspecified atom stereocenters. The number of halogens is 2. The minimum absolute atomic E-state index is 0.628. The van der Waals surface area contributed by atoms with Gasteiger partial charge in [-0.05, 0) is 45.9 Å². The molecule has 4 aromatic rings. The van der Waals surface area contributed by atoms with Crippen LogP contribution in [0.4, 0.5) is 0 Å². The predicted octanol–water partition coefficient (Wildman–Crippen LogP) is 6.89. The van der Waals surface area contributed by atoms with Crippen molar-refractivity contribution in [3.63, 3.8) is 0 Å². The first-order valence-electron chi connectivity index (χ1n) is 7.16. The van der Waals surface area contributed by atoms with Crippen molar-refractivity contribution < 1.29 is 0 Å². The SMILES string of the molecule is Clc1cc2ccccc2nc1SSc1nc2ccccc2cc1Cl. The van der Waals surface area contributed by atoms with Crippen molar-refractivity contribution in [2.75, 3.05) is 0 Å². The van der Waals surface area contributed by atoms with Crippen LogP contribution in [0.15, 0.2) is 70.7 Å². The van der Waals surface area contributed by atoms with Crippen LogP contribution in [0.25, 0.3) is 21.8 Å². The second-order valence-corrected chi connectivity index (χ2v) is 8.02. The summed E-state index contributed by atoms with van der Waals surface area (Å²) in [5.41, 5.74) is 1.84. The molecule has 0 saturated heterocycles. The van der Waals surface area contributed by atoms with Crippen LogP contribution in [-0.2, 0) is 0 Å². The number of aromatic nitrogens is 2. The fraction of sp³-hybridized carbons (Fsp3) is 0. The zero-order valence-electron chi connectivity index (χ0n) is 12.2. The number of benzene rings is 2. The molecule has 0 saturated carbocycles. The van der Waals surface area contributed by atoms with E-state index in [1.807, 2.05) is 60.7 Å². The molecule has 0 amide bonds. The Balaban J connectivity index is 1.65. The number of fused-ring (bicyclic) bond motifs is 2. The molecule has 118 valence electrons. The van der Waals surface area contributed by atoms with E-state index in [9.17, 15) is 0 Å². The number of pyridine rings is 2. The van der Waals surface area contributed by atoms with Crippen molar-refractivity contribution in [2.24, 2.45) is 0 Å². The highest BCUT2D eigenvalue weighted by Gasteiger charge is 2.11. The molecule has 0 N–H and O–H groups in total. The molecule has 24 heavy (non-hydrogen) atoms. The van der Waals surface area contributed by atoms with E-state index in [4.69, 9.17) is 23.2 Å². The summed E-state index contributed by atoms with van der Waals surface area (Å²) in [4.78, 5) is 9.24. The molecule has 0 spiro atoms. The molecular weight excluding hydrogens is 379 g/mol. The summed E-state index contributed by atoms with van der Waals surface area (Å²) in [5, 5.41) is 4.82. The first-order chi connectivity index (χ1) is 11.7. The number of rotatable bonds is 3. The third kappa shape index (κ3) is 3.20. The lowest BCUT2D eigenvalue weighted by Crippen LogP contribution is -1.85. The Bertz CT molecular complexity index is 968. The molecule has 2 aromatic heterocycles. The first-order valence-corrected chi connectivity index (χ1v) is 10.1. The first kappa shape index (κ1) is 16.0. The van der Waals surface area contributed by atoms with Crippen LogP contribution in [0.5, 0.6) is 0 Å². The molecule has 2 heterocycles. The Morgan fingerprint density at radius 1 is 0.625 bits per heavy atom. The van der Waals surface area contributed by atoms with Gasteiger partial charge in [-0.15, -0.1) is 0 Å². The van der Waals surface area contributed by atoms with Gasteiger partial charge in [-0.2, -0.15) is 0 Å². The molecule has 0 aliphatic rings. The molecule has 0 atom stereocenters. The molecule has 2 aromatic carbocycles. The van der Waals surface area contributed by atoms with Gasteiger partial charge in [0.2, 0.25) is 0 Å². The fourth-order valence-corrected chi connectivity index (χ4v) is 5.11. The van der Waals surface area contributed by atoms with E-state index in [0.29, 0.717) is 10.0 Å². The number of nitrogens with zero attached hydrogens (tertiary/aromatic N) is 2. The molecule has 2 nitrogen and oxygen atoms in total. The van der Waals surface area contributed by atoms with Gasteiger partial charge < -0.3 is 0 Å². The Labute approximate surface area is 157 Å². The van der Waals surface area contributed by atoms with E-state index in [2.05, 4.69) is 9.97 Å². The van der Waals surface area contributed by atoms with Crippen LogP contribution in [0.3, 0.4) is 0 Å². The summed E-state index contributed by atoms with van der Waals surface area (Å²) < 4.78 is 0. The topological polar surface area (TPSA) is 25.8 Å². The monoisotopic (exact) mass is 388 g/mol. The minimum Gasteiger partial charge on any atom is -0.239 e. The Morgan fingerprint density at radius 3 is 1.50 bits per heavy atom. The summed E-state index contributed by atoms with van der Waals surface area (Å²) in [7, 11) is 2.93. The van der Waals surface area contributed by atoms with Crippen LogP contribution in [0.1, 0.15) is 0 Å². The Morgan fingerprint density at radius 2 is 1.04 bits per heavy atom. The van der Waals surface area contributed by atoms with Gasteiger partial charge in [0, 0.05) is 10.8 Å². The quantitative estimate of drug-likeness (QED) is 0.356. The highest BCUT2D eigenvalue weighted by Crippen LogP contribution is 2.42.